The van der Waals surface area contributed by atoms with Gasteiger partial charge in [0.1, 0.15) is 5.82 Å². The summed E-state index contributed by atoms with van der Waals surface area (Å²) in [5.41, 5.74) is 6.96. The Morgan fingerprint density at radius 2 is 2.31 bits per heavy atom. The van der Waals surface area contributed by atoms with Crippen molar-refractivity contribution in [3.8, 4) is 0 Å². The molecule has 1 aromatic heterocycles. The van der Waals surface area contributed by atoms with E-state index in [0.717, 1.165) is 25.3 Å². The van der Waals surface area contributed by atoms with E-state index in [0.29, 0.717) is 17.9 Å². The Kier molecular flexibility index (Phi) is 3.41. The van der Waals surface area contributed by atoms with Crippen molar-refractivity contribution in [1.29, 1.82) is 0 Å². The highest BCUT2D eigenvalue weighted by molar-refractivity contribution is 5.38. The van der Waals surface area contributed by atoms with E-state index in [1.807, 2.05) is 12.1 Å². The lowest BCUT2D eigenvalue weighted by Crippen LogP contribution is -2.51. The van der Waals surface area contributed by atoms with Crippen molar-refractivity contribution in [3.05, 3.63) is 23.9 Å². The van der Waals surface area contributed by atoms with Crippen LogP contribution in [0.5, 0.6) is 0 Å². The lowest BCUT2D eigenvalue weighted by atomic mass is 10.1. The molecule has 0 amide bonds. The molecule has 1 aliphatic heterocycles. The average molecular weight is 221 g/mol. The van der Waals surface area contributed by atoms with Crippen LogP contribution < -0.4 is 5.73 Å². The summed E-state index contributed by atoms with van der Waals surface area (Å²) in [6.07, 6.45) is 1.73. The highest BCUT2D eigenvalue weighted by atomic mass is 16.5. The van der Waals surface area contributed by atoms with Crippen LogP contribution in [-0.2, 0) is 11.3 Å². The van der Waals surface area contributed by atoms with Crippen LogP contribution in [0.25, 0.3) is 0 Å². The molecule has 16 heavy (non-hydrogen) atoms. The summed E-state index contributed by atoms with van der Waals surface area (Å²) >= 11 is 0. The molecule has 4 heteroatoms. The summed E-state index contributed by atoms with van der Waals surface area (Å²) in [6.45, 7) is 6.91. The number of hydrogen-bond donors (Lipinski definition) is 1. The topological polar surface area (TPSA) is 51.4 Å². The van der Waals surface area contributed by atoms with Gasteiger partial charge >= 0.3 is 0 Å². The van der Waals surface area contributed by atoms with Crippen LogP contribution in [0.2, 0.25) is 0 Å². The maximum Gasteiger partial charge on any atom is 0.127 e. The number of nitrogens with zero attached hydrogens (tertiary/aromatic N) is 2. The lowest BCUT2D eigenvalue weighted by Gasteiger charge is -2.40. The zero-order valence-electron chi connectivity index (χ0n) is 9.89. The minimum atomic E-state index is 0.494. The number of hydrogen-bond acceptors (Lipinski definition) is 4. The van der Waals surface area contributed by atoms with E-state index >= 15 is 0 Å². The van der Waals surface area contributed by atoms with E-state index in [1.54, 1.807) is 6.20 Å². The van der Waals surface area contributed by atoms with Crippen molar-refractivity contribution in [2.24, 2.45) is 0 Å². The van der Waals surface area contributed by atoms with Crippen LogP contribution in [0.4, 0.5) is 5.82 Å². The number of nitrogen functional groups attached to an aromatic ring is 1. The first kappa shape index (κ1) is 11.4. The predicted molar refractivity (Wildman–Crippen MR) is 63.9 cm³/mol. The summed E-state index contributed by atoms with van der Waals surface area (Å²) in [6, 6.07) is 4.99. The molecular formula is C12H19N3O. The van der Waals surface area contributed by atoms with Crippen LogP contribution in [0, 0.1) is 0 Å². The van der Waals surface area contributed by atoms with Gasteiger partial charge in [-0.25, -0.2) is 4.98 Å². The third-order valence-corrected chi connectivity index (χ3v) is 3.03. The molecule has 0 radical (unpaired) electrons. The van der Waals surface area contributed by atoms with E-state index in [1.165, 1.54) is 0 Å². The molecule has 1 aromatic rings. The van der Waals surface area contributed by atoms with Gasteiger partial charge in [-0.3, -0.25) is 4.90 Å². The molecule has 2 N–H and O–H groups in total. The third kappa shape index (κ3) is 2.33. The largest absolute Gasteiger partial charge is 0.383 e. The van der Waals surface area contributed by atoms with Crippen molar-refractivity contribution in [2.75, 3.05) is 18.9 Å². The number of nitrogens with two attached hydrogens (primary N) is 1. The van der Waals surface area contributed by atoms with E-state index in [2.05, 4.69) is 23.7 Å². The van der Waals surface area contributed by atoms with E-state index in [9.17, 15) is 0 Å². The Morgan fingerprint density at radius 3 is 2.81 bits per heavy atom. The van der Waals surface area contributed by atoms with Gasteiger partial charge in [-0.1, -0.05) is 6.07 Å². The minimum absolute atomic E-state index is 0.494. The fourth-order valence-corrected chi connectivity index (χ4v) is 1.93. The molecule has 0 saturated carbocycles. The van der Waals surface area contributed by atoms with Gasteiger partial charge in [-0.15, -0.1) is 0 Å². The molecule has 0 unspecified atom stereocenters. The number of rotatable bonds is 4. The standard InChI is InChI=1S/C12H19N3O/c1-9(2)15(11-7-16-8-11)6-10-4-3-5-14-12(10)13/h3-5,9,11H,6-8H2,1-2H3,(H2,13,14). The summed E-state index contributed by atoms with van der Waals surface area (Å²) in [7, 11) is 0. The Labute approximate surface area is 96.4 Å². The monoisotopic (exact) mass is 221 g/mol. The third-order valence-electron chi connectivity index (χ3n) is 3.03. The molecule has 0 atom stereocenters. The fraction of sp³-hybridized carbons (Fsp3) is 0.583. The zero-order chi connectivity index (χ0) is 11.5. The zero-order valence-corrected chi connectivity index (χ0v) is 9.89. The molecule has 1 fully saturated rings. The van der Waals surface area contributed by atoms with Crippen LogP contribution in [0.3, 0.4) is 0 Å². The van der Waals surface area contributed by atoms with Crippen molar-refractivity contribution in [3.63, 3.8) is 0 Å². The molecule has 0 aromatic carbocycles. The number of pyridine rings is 1. The smallest absolute Gasteiger partial charge is 0.127 e. The van der Waals surface area contributed by atoms with Crippen molar-refractivity contribution >= 4 is 5.82 Å². The Balaban J connectivity index is 2.08. The van der Waals surface area contributed by atoms with Crippen LogP contribution in [0.1, 0.15) is 19.4 Å². The maximum atomic E-state index is 5.86. The summed E-state index contributed by atoms with van der Waals surface area (Å²) in [5.74, 6) is 0.633. The summed E-state index contributed by atoms with van der Waals surface area (Å²) in [4.78, 5) is 6.53. The van der Waals surface area contributed by atoms with Gasteiger partial charge < -0.3 is 10.5 Å². The second-order valence-corrected chi connectivity index (χ2v) is 4.51. The molecule has 88 valence electrons. The first-order valence-corrected chi connectivity index (χ1v) is 5.71. The first-order chi connectivity index (χ1) is 7.68. The molecule has 1 saturated heterocycles. The highest BCUT2D eigenvalue weighted by Crippen LogP contribution is 2.19. The van der Waals surface area contributed by atoms with Gasteiger partial charge in [0.15, 0.2) is 0 Å². The Hall–Kier alpha value is -1.13. The molecule has 0 bridgehead atoms. The maximum absolute atomic E-state index is 5.86. The second kappa shape index (κ2) is 4.80. The second-order valence-electron chi connectivity index (χ2n) is 4.51. The highest BCUT2D eigenvalue weighted by Gasteiger charge is 2.28. The predicted octanol–water partition coefficient (Wildman–Crippen LogP) is 1.27. The summed E-state index contributed by atoms with van der Waals surface area (Å²) < 4.78 is 5.25. The van der Waals surface area contributed by atoms with Crippen molar-refractivity contribution in [1.82, 2.24) is 9.88 Å². The quantitative estimate of drug-likeness (QED) is 0.832. The SMILES string of the molecule is CC(C)N(Cc1cccnc1N)C1COC1. The van der Waals surface area contributed by atoms with Gasteiger partial charge in [0.2, 0.25) is 0 Å². The van der Waals surface area contributed by atoms with E-state index in [-0.39, 0.29) is 0 Å². The summed E-state index contributed by atoms with van der Waals surface area (Å²) in [5, 5.41) is 0. The first-order valence-electron chi connectivity index (χ1n) is 5.71. The van der Waals surface area contributed by atoms with Crippen molar-refractivity contribution < 1.29 is 4.74 Å². The minimum Gasteiger partial charge on any atom is -0.383 e. The number of anilines is 1. The number of aromatic nitrogens is 1. The molecule has 0 aliphatic carbocycles. The van der Waals surface area contributed by atoms with E-state index in [4.69, 9.17) is 10.5 Å². The van der Waals surface area contributed by atoms with Gasteiger partial charge in [-0.05, 0) is 19.9 Å². The van der Waals surface area contributed by atoms with E-state index < -0.39 is 0 Å². The lowest BCUT2D eigenvalue weighted by molar-refractivity contribution is -0.0784. The van der Waals surface area contributed by atoms with Gasteiger partial charge in [-0.2, -0.15) is 0 Å². The van der Waals surface area contributed by atoms with Gasteiger partial charge in [0, 0.05) is 24.3 Å². The van der Waals surface area contributed by atoms with Crippen LogP contribution in [-0.4, -0.2) is 35.2 Å². The number of ether oxygens (including phenoxy) is 1. The fourth-order valence-electron chi connectivity index (χ4n) is 1.93. The molecule has 1 aliphatic rings. The van der Waals surface area contributed by atoms with Gasteiger partial charge in [0.25, 0.3) is 0 Å². The average Bonchev–Trinajstić information content (AvgIpc) is 2.17. The molecular weight excluding hydrogens is 202 g/mol. The van der Waals surface area contributed by atoms with Crippen molar-refractivity contribution in [2.45, 2.75) is 32.5 Å². The molecule has 4 nitrogen and oxygen atoms in total. The normalized spacial score (nSPS) is 16.8. The molecule has 2 rings (SSSR count). The molecule has 0 spiro atoms. The Morgan fingerprint density at radius 1 is 1.56 bits per heavy atom. The van der Waals surface area contributed by atoms with Crippen LogP contribution >= 0.6 is 0 Å². The van der Waals surface area contributed by atoms with Gasteiger partial charge in [0.05, 0.1) is 19.3 Å². The Bertz CT molecular complexity index is 350. The van der Waals surface area contributed by atoms with Crippen LogP contribution in [0.15, 0.2) is 18.3 Å². The molecule has 2 heterocycles.